The van der Waals surface area contributed by atoms with E-state index in [1.54, 1.807) is 7.11 Å². The maximum atomic E-state index is 10.4. The molecular formula is C13H12N2O3. The average molecular weight is 244 g/mol. The summed E-state index contributed by atoms with van der Waals surface area (Å²) in [6.45, 7) is 0.345. The van der Waals surface area contributed by atoms with Crippen LogP contribution in [-0.4, -0.2) is 23.4 Å². The normalized spacial score (nSPS) is 9.83. The molecule has 5 heteroatoms. The topological polar surface area (TPSA) is 61.3 Å². The fourth-order valence-corrected chi connectivity index (χ4v) is 1.37. The second-order valence-corrected chi connectivity index (χ2v) is 3.56. The minimum Gasteiger partial charge on any atom is -0.497 e. The van der Waals surface area contributed by atoms with Crippen molar-refractivity contribution >= 4 is 6.29 Å². The van der Waals surface area contributed by atoms with Gasteiger partial charge in [0.05, 0.1) is 12.7 Å². The first-order chi connectivity index (χ1) is 8.81. The zero-order valence-electron chi connectivity index (χ0n) is 9.87. The Hall–Kier alpha value is -2.43. The molecule has 1 aromatic carbocycles. The highest BCUT2D eigenvalue weighted by atomic mass is 16.5. The maximum Gasteiger partial charge on any atom is 0.316 e. The Labute approximate surface area is 104 Å². The maximum absolute atomic E-state index is 10.4. The minimum atomic E-state index is 0.239. The minimum absolute atomic E-state index is 0.239. The molecule has 0 N–H and O–H groups in total. The van der Waals surface area contributed by atoms with Gasteiger partial charge in [-0.15, -0.1) is 0 Å². The summed E-state index contributed by atoms with van der Waals surface area (Å²) in [5, 5.41) is 0. The van der Waals surface area contributed by atoms with Crippen LogP contribution in [0.1, 0.15) is 15.9 Å². The molecule has 0 saturated heterocycles. The molecule has 0 unspecified atom stereocenters. The van der Waals surface area contributed by atoms with Crippen LogP contribution in [0, 0.1) is 0 Å². The lowest BCUT2D eigenvalue weighted by atomic mass is 10.2. The monoisotopic (exact) mass is 244 g/mol. The first kappa shape index (κ1) is 12.0. The van der Waals surface area contributed by atoms with Crippen molar-refractivity contribution in [1.82, 2.24) is 9.97 Å². The molecule has 0 aliphatic rings. The van der Waals surface area contributed by atoms with E-state index in [0.717, 1.165) is 11.3 Å². The largest absolute Gasteiger partial charge is 0.497 e. The van der Waals surface area contributed by atoms with Gasteiger partial charge in [-0.2, -0.15) is 0 Å². The van der Waals surface area contributed by atoms with Gasteiger partial charge in [0.25, 0.3) is 0 Å². The molecule has 1 aromatic heterocycles. The summed E-state index contributed by atoms with van der Waals surface area (Å²) in [6, 6.07) is 7.78. The molecule has 0 fully saturated rings. The van der Waals surface area contributed by atoms with E-state index < -0.39 is 0 Å². The second kappa shape index (κ2) is 5.77. The van der Waals surface area contributed by atoms with Crippen molar-refractivity contribution in [1.29, 1.82) is 0 Å². The SMILES string of the molecule is COc1cccc(COc2ncc(C=O)cn2)c1. The van der Waals surface area contributed by atoms with E-state index in [0.29, 0.717) is 18.5 Å². The summed E-state index contributed by atoms with van der Waals surface area (Å²) in [5.74, 6) is 0.772. The molecule has 0 radical (unpaired) electrons. The van der Waals surface area contributed by atoms with Crippen LogP contribution in [0.4, 0.5) is 0 Å². The van der Waals surface area contributed by atoms with Crippen molar-refractivity contribution < 1.29 is 14.3 Å². The number of carbonyl (C=O) groups is 1. The number of carbonyl (C=O) groups excluding carboxylic acids is 1. The Morgan fingerprint density at radius 3 is 2.72 bits per heavy atom. The molecule has 0 amide bonds. The summed E-state index contributed by atoms with van der Waals surface area (Å²) >= 11 is 0. The number of nitrogens with zero attached hydrogens (tertiary/aromatic N) is 2. The van der Waals surface area contributed by atoms with Crippen LogP contribution in [0.25, 0.3) is 0 Å². The first-order valence-electron chi connectivity index (χ1n) is 5.35. The van der Waals surface area contributed by atoms with Crippen LogP contribution >= 0.6 is 0 Å². The molecule has 2 aromatic rings. The molecular weight excluding hydrogens is 232 g/mol. The van der Waals surface area contributed by atoms with E-state index in [1.807, 2.05) is 24.3 Å². The number of aldehydes is 1. The van der Waals surface area contributed by atoms with E-state index in [2.05, 4.69) is 9.97 Å². The third kappa shape index (κ3) is 3.04. The average Bonchev–Trinajstić information content (AvgIpc) is 2.46. The number of hydrogen-bond acceptors (Lipinski definition) is 5. The predicted octanol–water partition coefficient (Wildman–Crippen LogP) is 1.88. The van der Waals surface area contributed by atoms with Gasteiger partial charge in [0.1, 0.15) is 12.4 Å². The third-order valence-corrected chi connectivity index (χ3v) is 2.29. The van der Waals surface area contributed by atoms with Crippen molar-refractivity contribution in [3.05, 3.63) is 47.8 Å². The lowest BCUT2D eigenvalue weighted by molar-refractivity contribution is 0.112. The Morgan fingerprint density at radius 1 is 1.28 bits per heavy atom. The fraction of sp³-hybridized carbons (Fsp3) is 0.154. The summed E-state index contributed by atoms with van der Waals surface area (Å²) < 4.78 is 10.5. The highest BCUT2D eigenvalue weighted by Crippen LogP contribution is 2.14. The van der Waals surface area contributed by atoms with Gasteiger partial charge in [-0.1, -0.05) is 12.1 Å². The number of rotatable bonds is 5. The van der Waals surface area contributed by atoms with Gasteiger partial charge in [-0.25, -0.2) is 9.97 Å². The van der Waals surface area contributed by atoms with Crippen LogP contribution in [0.2, 0.25) is 0 Å². The number of aromatic nitrogens is 2. The van der Waals surface area contributed by atoms with E-state index in [1.165, 1.54) is 12.4 Å². The molecule has 92 valence electrons. The number of methoxy groups -OCH3 is 1. The van der Waals surface area contributed by atoms with Gasteiger partial charge in [0.2, 0.25) is 0 Å². The summed E-state index contributed by atoms with van der Waals surface area (Å²) in [4.78, 5) is 18.3. The molecule has 0 spiro atoms. The number of benzene rings is 1. The van der Waals surface area contributed by atoms with E-state index >= 15 is 0 Å². The number of hydrogen-bond donors (Lipinski definition) is 0. The Balaban J connectivity index is 1.99. The molecule has 0 bridgehead atoms. The van der Waals surface area contributed by atoms with Crippen molar-refractivity contribution in [2.45, 2.75) is 6.61 Å². The molecule has 0 aliphatic heterocycles. The second-order valence-electron chi connectivity index (χ2n) is 3.56. The molecule has 5 nitrogen and oxygen atoms in total. The van der Waals surface area contributed by atoms with Crippen LogP contribution in [0.15, 0.2) is 36.7 Å². The Morgan fingerprint density at radius 2 is 2.06 bits per heavy atom. The van der Waals surface area contributed by atoms with Gasteiger partial charge in [0.15, 0.2) is 6.29 Å². The van der Waals surface area contributed by atoms with E-state index in [-0.39, 0.29) is 6.01 Å². The Bertz CT molecular complexity index is 526. The summed E-state index contributed by atoms with van der Waals surface area (Å²) in [5.41, 5.74) is 1.38. The molecule has 18 heavy (non-hydrogen) atoms. The molecule has 0 aliphatic carbocycles. The highest BCUT2D eigenvalue weighted by molar-refractivity contribution is 5.73. The van der Waals surface area contributed by atoms with Crippen molar-refractivity contribution in [2.75, 3.05) is 7.11 Å². The van der Waals surface area contributed by atoms with Crippen molar-refractivity contribution in [3.8, 4) is 11.8 Å². The van der Waals surface area contributed by atoms with Gasteiger partial charge in [-0.3, -0.25) is 4.79 Å². The van der Waals surface area contributed by atoms with E-state index in [4.69, 9.17) is 9.47 Å². The summed E-state index contributed by atoms with van der Waals surface area (Å²) in [6.07, 6.45) is 3.52. The molecule has 1 heterocycles. The molecule has 0 saturated carbocycles. The predicted molar refractivity (Wildman–Crippen MR) is 64.7 cm³/mol. The quantitative estimate of drug-likeness (QED) is 0.751. The standard InChI is InChI=1S/C13H12N2O3/c1-17-12-4-2-3-10(5-12)9-18-13-14-6-11(8-16)7-15-13/h2-8H,9H2,1H3. The van der Waals surface area contributed by atoms with Crippen molar-refractivity contribution in [3.63, 3.8) is 0 Å². The molecule has 0 atom stereocenters. The number of ether oxygens (including phenoxy) is 2. The van der Waals surface area contributed by atoms with Crippen LogP contribution in [-0.2, 0) is 6.61 Å². The summed E-state index contributed by atoms with van der Waals surface area (Å²) in [7, 11) is 1.61. The molecule has 2 rings (SSSR count). The van der Waals surface area contributed by atoms with E-state index in [9.17, 15) is 4.79 Å². The highest BCUT2D eigenvalue weighted by Gasteiger charge is 2.00. The lowest BCUT2D eigenvalue weighted by Gasteiger charge is -2.05. The van der Waals surface area contributed by atoms with Gasteiger partial charge in [0, 0.05) is 12.4 Å². The lowest BCUT2D eigenvalue weighted by Crippen LogP contribution is -2.00. The third-order valence-electron chi connectivity index (χ3n) is 2.29. The van der Waals surface area contributed by atoms with Crippen LogP contribution in [0.3, 0.4) is 0 Å². The van der Waals surface area contributed by atoms with Gasteiger partial charge >= 0.3 is 6.01 Å². The Kier molecular flexibility index (Phi) is 3.86. The van der Waals surface area contributed by atoms with Gasteiger partial charge < -0.3 is 9.47 Å². The van der Waals surface area contributed by atoms with Crippen molar-refractivity contribution in [2.24, 2.45) is 0 Å². The van der Waals surface area contributed by atoms with Crippen LogP contribution in [0.5, 0.6) is 11.8 Å². The fourth-order valence-electron chi connectivity index (χ4n) is 1.37. The van der Waals surface area contributed by atoms with Crippen LogP contribution < -0.4 is 9.47 Å². The zero-order chi connectivity index (χ0) is 12.8. The first-order valence-corrected chi connectivity index (χ1v) is 5.35. The zero-order valence-corrected chi connectivity index (χ0v) is 9.87. The van der Waals surface area contributed by atoms with Gasteiger partial charge in [-0.05, 0) is 17.7 Å². The smallest absolute Gasteiger partial charge is 0.316 e.